The molecule has 6 heteroatoms. The molecule has 2 N–H and O–H groups in total. The monoisotopic (exact) mass is 282 g/mol. The van der Waals surface area contributed by atoms with E-state index in [1.807, 2.05) is 24.3 Å². The third-order valence-corrected chi connectivity index (χ3v) is 3.10. The molecule has 0 fully saturated rings. The highest BCUT2D eigenvalue weighted by Gasteiger charge is 2.17. The van der Waals surface area contributed by atoms with Crippen molar-refractivity contribution in [2.75, 3.05) is 12.3 Å². The molecule has 0 spiro atoms. The molecule has 0 aliphatic rings. The predicted octanol–water partition coefficient (Wildman–Crippen LogP) is 2.18. The van der Waals surface area contributed by atoms with Crippen LogP contribution in [-0.2, 0) is 4.74 Å². The first kappa shape index (κ1) is 13.1. The first-order chi connectivity index (χ1) is 10.2. The van der Waals surface area contributed by atoms with Gasteiger partial charge in [0.1, 0.15) is 5.52 Å². The zero-order valence-electron chi connectivity index (χ0n) is 11.5. The molecule has 21 heavy (non-hydrogen) atoms. The number of para-hydroxylation sites is 1. The molecule has 1 aromatic heterocycles. The number of ether oxygens (including phenoxy) is 1. The van der Waals surface area contributed by atoms with Crippen LogP contribution in [0.25, 0.3) is 16.7 Å². The number of carbonyl (C=O) groups is 1. The van der Waals surface area contributed by atoms with E-state index in [4.69, 9.17) is 10.5 Å². The summed E-state index contributed by atoms with van der Waals surface area (Å²) in [6, 6.07) is 12.6. The van der Waals surface area contributed by atoms with E-state index in [9.17, 15) is 4.79 Å². The Morgan fingerprint density at radius 2 is 2.10 bits per heavy atom. The minimum absolute atomic E-state index is 0.297. The minimum atomic E-state index is -0.431. The number of anilines is 1. The van der Waals surface area contributed by atoms with Gasteiger partial charge in [-0.1, -0.05) is 17.3 Å². The van der Waals surface area contributed by atoms with Gasteiger partial charge in [-0.3, -0.25) is 0 Å². The summed E-state index contributed by atoms with van der Waals surface area (Å²) in [5.41, 5.74) is 8.79. The van der Waals surface area contributed by atoms with Gasteiger partial charge < -0.3 is 10.5 Å². The van der Waals surface area contributed by atoms with Crippen molar-refractivity contribution in [2.45, 2.75) is 6.92 Å². The second-order valence-electron chi connectivity index (χ2n) is 4.49. The van der Waals surface area contributed by atoms with E-state index in [0.717, 1.165) is 11.0 Å². The second kappa shape index (κ2) is 5.24. The minimum Gasteiger partial charge on any atom is -0.462 e. The Morgan fingerprint density at radius 3 is 2.90 bits per heavy atom. The molecule has 3 aromatic rings. The van der Waals surface area contributed by atoms with Crippen LogP contribution in [-0.4, -0.2) is 27.6 Å². The topological polar surface area (TPSA) is 83.0 Å². The number of esters is 1. The van der Waals surface area contributed by atoms with Crippen molar-refractivity contribution in [1.82, 2.24) is 15.0 Å². The normalized spacial score (nSPS) is 10.7. The van der Waals surface area contributed by atoms with E-state index in [1.165, 1.54) is 0 Å². The predicted molar refractivity (Wildman–Crippen MR) is 79.2 cm³/mol. The number of hydrogen-bond donors (Lipinski definition) is 1. The Labute approximate surface area is 121 Å². The SMILES string of the molecule is CCOC(=O)c1cc(N)ccc1-n1nnc2ccccc21. The fraction of sp³-hybridized carbons (Fsp3) is 0.133. The van der Waals surface area contributed by atoms with Gasteiger partial charge in [0.05, 0.1) is 23.4 Å². The smallest absolute Gasteiger partial charge is 0.340 e. The molecule has 6 nitrogen and oxygen atoms in total. The van der Waals surface area contributed by atoms with Crippen LogP contribution < -0.4 is 5.73 Å². The van der Waals surface area contributed by atoms with Crippen molar-refractivity contribution in [1.29, 1.82) is 0 Å². The Morgan fingerprint density at radius 1 is 1.29 bits per heavy atom. The van der Waals surface area contributed by atoms with Gasteiger partial charge in [0.15, 0.2) is 0 Å². The lowest BCUT2D eigenvalue weighted by molar-refractivity contribution is 0.0526. The summed E-state index contributed by atoms with van der Waals surface area (Å²) in [7, 11) is 0. The van der Waals surface area contributed by atoms with Gasteiger partial charge in [0.25, 0.3) is 0 Å². The highest BCUT2D eigenvalue weighted by molar-refractivity contribution is 5.95. The highest BCUT2D eigenvalue weighted by Crippen LogP contribution is 2.22. The van der Waals surface area contributed by atoms with E-state index >= 15 is 0 Å². The molecule has 0 saturated carbocycles. The van der Waals surface area contributed by atoms with Crippen molar-refractivity contribution in [2.24, 2.45) is 0 Å². The number of nitrogens with two attached hydrogens (primary N) is 1. The van der Waals surface area contributed by atoms with Crippen molar-refractivity contribution in [3.05, 3.63) is 48.0 Å². The number of hydrogen-bond acceptors (Lipinski definition) is 5. The number of nitrogens with zero attached hydrogens (tertiary/aromatic N) is 3. The average molecular weight is 282 g/mol. The maximum Gasteiger partial charge on any atom is 0.340 e. The molecule has 0 amide bonds. The number of fused-ring (bicyclic) bond motifs is 1. The Kier molecular flexibility index (Phi) is 3.27. The summed E-state index contributed by atoms with van der Waals surface area (Å²) >= 11 is 0. The first-order valence-electron chi connectivity index (χ1n) is 6.58. The van der Waals surface area contributed by atoms with Crippen LogP contribution in [0.2, 0.25) is 0 Å². The van der Waals surface area contributed by atoms with E-state index in [1.54, 1.807) is 29.8 Å². The summed E-state index contributed by atoms with van der Waals surface area (Å²) in [5, 5.41) is 8.21. The van der Waals surface area contributed by atoms with Gasteiger partial charge in [0.2, 0.25) is 0 Å². The maximum absolute atomic E-state index is 12.1. The van der Waals surface area contributed by atoms with Gasteiger partial charge in [0, 0.05) is 5.69 Å². The fourth-order valence-corrected chi connectivity index (χ4v) is 2.16. The fourth-order valence-electron chi connectivity index (χ4n) is 2.16. The molecule has 106 valence electrons. The molecule has 0 radical (unpaired) electrons. The molecule has 2 aromatic carbocycles. The van der Waals surface area contributed by atoms with Crippen molar-refractivity contribution in [3.63, 3.8) is 0 Å². The third-order valence-electron chi connectivity index (χ3n) is 3.10. The van der Waals surface area contributed by atoms with E-state index < -0.39 is 5.97 Å². The van der Waals surface area contributed by atoms with Crippen LogP contribution in [0.5, 0.6) is 0 Å². The quantitative estimate of drug-likeness (QED) is 0.588. The zero-order valence-corrected chi connectivity index (χ0v) is 11.5. The molecule has 0 aliphatic carbocycles. The van der Waals surface area contributed by atoms with Crippen molar-refractivity contribution >= 4 is 22.7 Å². The number of aromatic nitrogens is 3. The number of benzene rings is 2. The van der Waals surface area contributed by atoms with Crippen molar-refractivity contribution < 1.29 is 9.53 Å². The lowest BCUT2D eigenvalue weighted by atomic mass is 10.1. The molecule has 0 saturated heterocycles. The van der Waals surface area contributed by atoms with Crippen molar-refractivity contribution in [3.8, 4) is 5.69 Å². The number of rotatable bonds is 3. The summed E-state index contributed by atoms with van der Waals surface area (Å²) < 4.78 is 6.69. The standard InChI is InChI=1S/C15H14N4O2/c1-2-21-15(20)11-9-10(16)7-8-13(11)19-14-6-4-3-5-12(14)17-18-19/h3-9H,2,16H2,1H3. The Balaban J connectivity index is 2.20. The zero-order chi connectivity index (χ0) is 14.8. The van der Waals surface area contributed by atoms with Gasteiger partial charge in [-0.15, -0.1) is 5.10 Å². The molecule has 3 rings (SSSR count). The van der Waals surface area contributed by atoms with Crippen LogP contribution in [0, 0.1) is 0 Å². The number of carbonyl (C=O) groups excluding carboxylic acids is 1. The first-order valence-corrected chi connectivity index (χ1v) is 6.58. The van der Waals surface area contributed by atoms with E-state index in [0.29, 0.717) is 23.5 Å². The Bertz CT molecular complexity index is 810. The van der Waals surface area contributed by atoms with Gasteiger partial charge >= 0.3 is 5.97 Å². The maximum atomic E-state index is 12.1. The summed E-state index contributed by atoms with van der Waals surface area (Å²) in [6.45, 7) is 2.06. The lowest BCUT2D eigenvalue weighted by Gasteiger charge is -2.10. The number of nitrogen functional groups attached to an aromatic ring is 1. The molecular weight excluding hydrogens is 268 g/mol. The molecule has 0 atom stereocenters. The lowest BCUT2D eigenvalue weighted by Crippen LogP contribution is -2.11. The summed E-state index contributed by atoms with van der Waals surface area (Å²) in [6.07, 6.45) is 0. The summed E-state index contributed by atoms with van der Waals surface area (Å²) in [5.74, 6) is -0.431. The average Bonchev–Trinajstić information content (AvgIpc) is 2.91. The van der Waals surface area contributed by atoms with E-state index in [2.05, 4.69) is 10.3 Å². The Hall–Kier alpha value is -2.89. The van der Waals surface area contributed by atoms with Gasteiger partial charge in [-0.25, -0.2) is 9.48 Å². The molecule has 0 bridgehead atoms. The largest absolute Gasteiger partial charge is 0.462 e. The van der Waals surface area contributed by atoms with Crippen LogP contribution in [0.3, 0.4) is 0 Å². The van der Waals surface area contributed by atoms with Crippen LogP contribution in [0.1, 0.15) is 17.3 Å². The third kappa shape index (κ3) is 2.31. The molecule has 0 unspecified atom stereocenters. The second-order valence-corrected chi connectivity index (χ2v) is 4.49. The van der Waals surface area contributed by atoms with Crippen LogP contribution in [0.4, 0.5) is 5.69 Å². The highest BCUT2D eigenvalue weighted by atomic mass is 16.5. The van der Waals surface area contributed by atoms with Crippen LogP contribution >= 0.6 is 0 Å². The van der Waals surface area contributed by atoms with Crippen LogP contribution in [0.15, 0.2) is 42.5 Å². The van der Waals surface area contributed by atoms with Gasteiger partial charge in [-0.2, -0.15) is 0 Å². The van der Waals surface area contributed by atoms with E-state index in [-0.39, 0.29) is 0 Å². The molecule has 0 aliphatic heterocycles. The summed E-state index contributed by atoms with van der Waals surface area (Å²) in [4.78, 5) is 12.1. The molecule has 1 heterocycles. The molecular formula is C15H14N4O2. The van der Waals surface area contributed by atoms with Gasteiger partial charge in [-0.05, 0) is 37.3 Å².